The maximum Gasteiger partial charge on any atom is 0.345 e. The summed E-state index contributed by atoms with van der Waals surface area (Å²) in [5.74, 6) is -9.44. The Labute approximate surface area is 358 Å². The van der Waals surface area contributed by atoms with Crippen molar-refractivity contribution in [3.8, 4) is 0 Å². The minimum atomic E-state index is -3.62. The van der Waals surface area contributed by atoms with Crippen LogP contribution in [0.2, 0.25) is 0 Å². The second-order valence-corrected chi connectivity index (χ2v) is 16.9. The second-order valence-electron chi connectivity index (χ2n) is 16.9. The minimum Gasteiger partial charge on any atom is -0.479 e. The first kappa shape index (κ1) is 48.8. The number of hydrogen-bond donors (Lipinski definition) is 3. The first-order valence-electron chi connectivity index (χ1n) is 21.0. The third-order valence-electron chi connectivity index (χ3n) is 11.4. The molecule has 0 radical (unpaired) electrons. The number of allylic oxidation sites excluding steroid dienone is 1. The molecular formula is C47H62O14. The average Bonchev–Trinajstić information content (AvgIpc) is 3.43. The van der Waals surface area contributed by atoms with Gasteiger partial charge in [0.2, 0.25) is 23.1 Å². The van der Waals surface area contributed by atoms with E-state index in [1.54, 1.807) is 36.4 Å². The van der Waals surface area contributed by atoms with Crippen molar-refractivity contribution in [2.75, 3.05) is 6.61 Å². The molecule has 2 bridgehead atoms. The number of carboxylic acids is 1. The Bertz CT molecular complexity index is 1860. The first-order chi connectivity index (χ1) is 28.8. The highest BCUT2D eigenvalue weighted by atomic mass is 16.8. The number of benzene rings is 2. The van der Waals surface area contributed by atoms with E-state index in [1.165, 1.54) is 6.92 Å². The van der Waals surface area contributed by atoms with Crippen LogP contribution in [-0.2, 0) is 65.4 Å². The van der Waals surface area contributed by atoms with Gasteiger partial charge in [0, 0.05) is 25.3 Å². The number of carbonyl (C=O) groups is 5. The number of fused-ring (bicyclic) bond motifs is 2. The fraction of sp³-hybridized carbons (Fsp3) is 0.553. The van der Waals surface area contributed by atoms with E-state index < -0.39 is 84.3 Å². The predicted molar refractivity (Wildman–Crippen MR) is 222 cm³/mol. The summed E-state index contributed by atoms with van der Waals surface area (Å²) in [5, 5.41) is 36.1. The molecule has 0 spiro atoms. The van der Waals surface area contributed by atoms with Gasteiger partial charge in [0.05, 0.1) is 6.61 Å². The molecule has 14 nitrogen and oxygen atoms in total. The van der Waals surface area contributed by atoms with Crippen molar-refractivity contribution in [2.24, 2.45) is 23.7 Å². The standard InChI is InChI=1S/C47H62O14/c1-9-30(4)26-31(5)20-21-37(49)59-40-39(50)45(24-22-32(6)38(58-34(8)48)33(7)27-35-16-12-10-13-17-35)60-41(42(51)56-25-23-29(2)3)46(55,47(40,61-45)43(52)53)44(54)57-28-36-18-14-11-15-19-36/h10-21,29-31,33,38-41,50,55H,6,9,22-28H2,1-5,7-8H3,(H,52,53)/b21-20+/t30-,31+,33+,38+,39+,40+,41?,45?,46?,47?/m0/s1. The fourth-order valence-electron chi connectivity index (χ4n) is 7.86. The zero-order chi connectivity index (χ0) is 45.1. The summed E-state index contributed by atoms with van der Waals surface area (Å²) >= 11 is 0. The van der Waals surface area contributed by atoms with Gasteiger partial charge in [-0.2, -0.15) is 0 Å². The molecule has 2 saturated heterocycles. The molecule has 0 amide bonds. The van der Waals surface area contributed by atoms with E-state index >= 15 is 0 Å². The van der Waals surface area contributed by atoms with Crippen molar-refractivity contribution in [2.45, 2.75) is 135 Å². The molecule has 0 saturated carbocycles. The number of aliphatic carboxylic acids is 1. The van der Waals surface area contributed by atoms with E-state index in [-0.39, 0.29) is 30.8 Å². The third-order valence-corrected chi connectivity index (χ3v) is 11.4. The van der Waals surface area contributed by atoms with Crippen LogP contribution in [0.1, 0.15) is 91.7 Å². The summed E-state index contributed by atoms with van der Waals surface area (Å²) in [6, 6.07) is 17.7. The largest absolute Gasteiger partial charge is 0.479 e. The molecule has 61 heavy (non-hydrogen) atoms. The molecule has 0 aliphatic carbocycles. The Morgan fingerprint density at radius 1 is 0.934 bits per heavy atom. The molecular weight excluding hydrogens is 789 g/mol. The summed E-state index contributed by atoms with van der Waals surface area (Å²) < 4.78 is 34.7. The number of aliphatic hydroxyl groups excluding tert-OH is 1. The lowest BCUT2D eigenvalue weighted by molar-refractivity contribution is -0.375. The summed E-state index contributed by atoms with van der Waals surface area (Å²) in [6.07, 6.45) is -3.59. The zero-order valence-corrected chi connectivity index (χ0v) is 36.2. The van der Waals surface area contributed by atoms with Gasteiger partial charge in [-0.1, -0.05) is 121 Å². The molecule has 4 rings (SSSR count). The lowest BCUT2D eigenvalue weighted by Gasteiger charge is -2.49. The maximum absolute atomic E-state index is 14.4. The third kappa shape index (κ3) is 11.3. The number of carbonyl (C=O) groups excluding carboxylic acids is 4. The highest BCUT2D eigenvalue weighted by Crippen LogP contribution is 2.56. The minimum absolute atomic E-state index is 0.0537. The van der Waals surface area contributed by atoms with Crippen LogP contribution in [0.5, 0.6) is 0 Å². The van der Waals surface area contributed by atoms with E-state index in [9.17, 15) is 39.3 Å². The molecule has 10 atom stereocenters. The molecule has 4 unspecified atom stereocenters. The predicted octanol–water partition coefficient (Wildman–Crippen LogP) is 6.05. The summed E-state index contributed by atoms with van der Waals surface area (Å²) in [5.41, 5.74) is -5.32. The van der Waals surface area contributed by atoms with Gasteiger partial charge in [-0.15, -0.1) is 0 Å². The van der Waals surface area contributed by atoms with E-state index in [0.717, 1.165) is 24.5 Å². The maximum atomic E-state index is 14.4. The molecule has 2 aromatic carbocycles. The molecule has 334 valence electrons. The van der Waals surface area contributed by atoms with Crippen LogP contribution in [0.3, 0.4) is 0 Å². The number of ether oxygens (including phenoxy) is 6. The summed E-state index contributed by atoms with van der Waals surface area (Å²) in [7, 11) is 0. The first-order valence-corrected chi connectivity index (χ1v) is 21.0. The van der Waals surface area contributed by atoms with Crippen LogP contribution in [-0.4, -0.2) is 93.2 Å². The number of esters is 4. The highest BCUT2D eigenvalue weighted by molar-refractivity contribution is 5.99. The van der Waals surface area contributed by atoms with Crippen molar-refractivity contribution in [1.82, 2.24) is 0 Å². The van der Waals surface area contributed by atoms with Crippen LogP contribution in [0.4, 0.5) is 0 Å². The van der Waals surface area contributed by atoms with Crippen LogP contribution in [0.15, 0.2) is 85.0 Å². The number of carboxylic acid groups (broad SMARTS) is 1. The van der Waals surface area contributed by atoms with E-state index in [4.69, 9.17) is 28.4 Å². The fourth-order valence-corrected chi connectivity index (χ4v) is 7.86. The van der Waals surface area contributed by atoms with Crippen molar-refractivity contribution in [3.63, 3.8) is 0 Å². The molecule has 2 aliphatic rings. The second kappa shape index (κ2) is 21.3. The normalized spacial score (nSPS) is 26.5. The van der Waals surface area contributed by atoms with Crippen molar-refractivity contribution < 1.29 is 67.7 Å². The zero-order valence-electron chi connectivity index (χ0n) is 36.2. The van der Waals surface area contributed by atoms with Gasteiger partial charge in [0.25, 0.3) is 0 Å². The van der Waals surface area contributed by atoms with Gasteiger partial charge in [-0.25, -0.2) is 19.2 Å². The topological polar surface area (TPSA) is 201 Å². The molecule has 14 heteroatoms. The van der Waals surface area contributed by atoms with E-state index in [0.29, 0.717) is 29.9 Å². The van der Waals surface area contributed by atoms with Crippen LogP contribution >= 0.6 is 0 Å². The highest BCUT2D eigenvalue weighted by Gasteiger charge is 2.86. The Morgan fingerprint density at radius 3 is 2.13 bits per heavy atom. The quantitative estimate of drug-likeness (QED) is 0.0535. The van der Waals surface area contributed by atoms with Gasteiger partial charge in [0.15, 0.2) is 6.10 Å². The number of aliphatic hydroxyl groups is 2. The van der Waals surface area contributed by atoms with Gasteiger partial charge in [0.1, 0.15) is 18.8 Å². The number of hydrogen-bond acceptors (Lipinski definition) is 13. The SMILES string of the molecule is C=C(CCC12OC(C(=O)OCCC(C)C)C(O)(C(=O)OCc3ccccc3)C(C(=O)O)(O1)[C@H](OC(=O)/C=C/[C@@H](C)C[C@@H](C)CC)[C@H]2O)[C@@H](OC(C)=O)[C@H](C)Cc1ccccc1. The van der Waals surface area contributed by atoms with Crippen molar-refractivity contribution in [1.29, 1.82) is 0 Å². The van der Waals surface area contributed by atoms with E-state index in [1.807, 2.05) is 65.0 Å². The van der Waals surface area contributed by atoms with Gasteiger partial charge < -0.3 is 43.7 Å². The molecule has 0 aromatic heterocycles. The number of rotatable bonds is 22. The Balaban J connectivity index is 1.81. The average molecular weight is 851 g/mol. The Kier molecular flexibility index (Phi) is 17.0. The van der Waals surface area contributed by atoms with Crippen LogP contribution in [0.25, 0.3) is 0 Å². The van der Waals surface area contributed by atoms with Gasteiger partial charge >= 0.3 is 29.8 Å². The molecule has 2 aliphatic heterocycles. The molecule has 3 N–H and O–H groups in total. The lowest BCUT2D eigenvalue weighted by atomic mass is 9.74. The van der Waals surface area contributed by atoms with Crippen LogP contribution < -0.4 is 0 Å². The Morgan fingerprint density at radius 2 is 1.56 bits per heavy atom. The Hall–Kier alpha value is -4.89. The van der Waals surface area contributed by atoms with Gasteiger partial charge in [-0.05, 0) is 60.1 Å². The smallest absolute Gasteiger partial charge is 0.345 e. The van der Waals surface area contributed by atoms with Gasteiger partial charge in [-0.3, -0.25) is 4.79 Å². The van der Waals surface area contributed by atoms with E-state index in [2.05, 4.69) is 13.5 Å². The molecule has 2 aromatic rings. The van der Waals surface area contributed by atoms with Crippen molar-refractivity contribution >= 4 is 29.8 Å². The summed E-state index contributed by atoms with van der Waals surface area (Å²) in [4.78, 5) is 68.3. The van der Waals surface area contributed by atoms with Crippen molar-refractivity contribution in [3.05, 3.63) is 96.1 Å². The monoisotopic (exact) mass is 850 g/mol. The summed E-state index contributed by atoms with van der Waals surface area (Å²) in [6.45, 7) is 16.3. The lowest BCUT2D eigenvalue weighted by Crippen LogP contribution is -2.78. The molecule has 2 fully saturated rings. The molecule has 2 heterocycles. The van der Waals surface area contributed by atoms with Crippen LogP contribution in [0, 0.1) is 23.7 Å².